The summed E-state index contributed by atoms with van der Waals surface area (Å²) in [5.74, 6) is 0. The van der Waals surface area contributed by atoms with Gasteiger partial charge in [-0.05, 0) is 12.8 Å². The van der Waals surface area contributed by atoms with Gasteiger partial charge in [0.2, 0.25) is 0 Å². The molecule has 0 amide bonds. The van der Waals surface area contributed by atoms with E-state index in [9.17, 15) is 0 Å². The highest BCUT2D eigenvalue weighted by molar-refractivity contribution is 7.13. The molecule has 1 aromatic heterocycles. The SMILES string of the molecule is CCCN(CCO)c1nc(CC)cs1. The molecule has 14 heavy (non-hydrogen) atoms. The zero-order chi connectivity index (χ0) is 10.4. The molecule has 0 aliphatic heterocycles. The molecule has 80 valence electrons. The van der Waals surface area contributed by atoms with Crippen molar-refractivity contribution in [1.29, 1.82) is 0 Å². The number of anilines is 1. The maximum atomic E-state index is 8.92. The van der Waals surface area contributed by atoms with Crippen molar-refractivity contribution in [3.8, 4) is 0 Å². The van der Waals surface area contributed by atoms with Gasteiger partial charge >= 0.3 is 0 Å². The number of rotatable bonds is 6. The van der Waals surface area contributed by atoms with E-state index >= 15 is 0 Å². The third kappa shape index (κ3) is 2.96. The van der Waals surface area contributed by atoms with Crippen LogP contribution in [0.3, 0.4) is 0 Å². The lowest BCUT2D eigenvalue weighted by atomic mass is 10.4. The van der Waals surface area contributed by atoms with Crippen molar-refractivity contribution >= 4 is 16.5 Å². The summed E-state index contributed by atoms with van der Waals surface area (Å²) >= 11 is 1.67. The molecule has 1 heterocycles. The molecule has 4 heteroatoms. The molecule has 0 saturated carbocycles. The van der Waals surface area contributed by atoms with Gasteiger partial charge in [-0.2, -0.15) is 0 Å². The molecule has 1 aromatic rings. The van der Waals surface area contributed by atoms with Gasteiger partial charge in [0.05, 0.1) is 12.3 Å². The van der Waals surface area contributed by atoms with Crippen molar-refractivity contribution in [2.75, 3.05) is 24.6 Å². The normalized spacial score (nSPS) is 10.5. The van der Waals surface area contributed by atoms with E-state index < -0.39 is 0 Å². The number of aryl methyl sites for hydroxylation is 1. The van der Waals surface area contributed by atoms with Crippen LogP contribution in [0.1, 0.15) is 26.0 Å². The lowest BCUT2D eigenvalue weighted by Crippen LogP contribution is -2.27. The molecule has 0 aromatic carbocycles. The highest BCUT2D eigenvalue weighted by Gasteiger charge is 2.08. The Morgan fingerprint density at radius 3 is 2.71 bits per heavy atom. The standard InChI is InChI=1S/C10H18N2OS/c1-3-5-12(6-7-13)10-11-9(4-2)8-14-10/h8,13H,3-7H2,1-2H3. The predicted octanol–water partition coefficient (Wildman–Crippen LogP) is 1.91. The second kappa shape index (κ2) is 5.98. The summed E-state index contributed by atoms with van der Waals surface area (Å²) in [7, 11) is 0. The van der Waals surface area contributed by atoms with Crippen molar-refractivity contribution < 1.29 is 5.11 Å². The molecule has 0 radical (unpaired) electrons. The first-order valence-corrected chi connectivity index (χ1v) is 6.00. The first-order valence-electron chi connectivity index (χ1n) is 5.12. The van der Waals surface area contributed by atoms with Crippen LogP contribution in [0.2, 0.25) is 0 Å². The van der Waals surface area contributed by atoms with Gasteiger partial charge in [0, 0.05) is 18.5 Å². The summed E-state index contributed by atoms with van der Waals surface area (Å²) in [6.45, 7) is 6.09. The average Bonchev–Trinajstić information content (AvgIpc) is 2.65. The van der Waals surface area contributed by atoms with Gasteiger partial charge in [0.25, 0.3) is 0 Å². The van der Waals surface area contributed by atoms with Crippen LogP contribution in [0.25, 0.3) is 0 Å². The minimum atomic E-state index is 0.195. The number of hydrogen-bond acceptors (Lipinski definition) is 4. The Balaban J connectivity index is 2.65. The van der Waals surface area contributed by atoms with Gasteiger partial charge in [0.1, 0.15) is 0 Å². The van der Waals surface area contributed by atoms with Gasteiger partial charge in [0.15, 0.2) is 5.13 Å². The molecule has 3 nitrogen and oxygen atoms in total. The minimum Gasteiger partial charge on any atom is -0.395 e. The fourth-order valence-electron chi connectivity index (χ4n) is 1.30. The van der Waals surface area contributed by atoms with Gasteiger partial charge in [-0.25, -0.2) is 4.98 Å². The summed E-state index contributed by atoms with van der Waals surface area (Å²) in [6.07, 6.45) is 2.07. The lowest BCUT2D eigenvalue weighted by molar-refractivity contribution is 0.302. The van der Waals surface area contributed by atoms with Crippen LogP contribution in [-0.4, -0.2) is 29.8 Å². The smallest absolute Gasteiger partial charge is 0.185 e. The van der Waals surface area contributed by atoms with Crippen molar-refractivity contribution in [2.45, 2.75) is 26.7 Å². The molecule has 0 fully saturated rings. The quantitative estimate of drug-likeness (QED) is 0.786. The fourth-order valence-corrected chi connectivity index (χ4v) is 2.26. The van der Waals surface area contributed by atoms with Gasteiger partial charge < -0.3 is 10.0 Å². The van der Waals surface area contributed by atoms with Crippen LogP contribution in [-0.2, 0) is 6.42 Å². The molecule has 0 unspecified atom stereocenters. The Hall–Kier alpha value is -0.610. The predicted molar refractivity (Wildman–Crippen MR) is 61.1 cm³/mol. The summed E-state index contributed by atoms with van der Waals surface area (Å²) in [5, 5.41) is 12.1. The molecule has 1 N–H and O–H groups in total. The Morgan fingerprint density at radius 1 is 1.43 bits per heavy atom. The van der Waals surface area contributed by atoms with Gasteiger partial charge in [-0.3, -0.25) is 0 Å². The molecule has 0 aliphatic carbocycles. The largest absolute Gasteiger partial charge is 0.395 e. The third-order valence-corrected chi connectivity index (χ3v) is 2.99. The topological polar surface area (TPSA) is 36.4 Å². The minimum absolute atomic E-state index is 0.195. The van der Waals surface area contributed by atoms with E-state index in [0.29, 0.717) is 6.54 Å². The van der Waals surface area contributed by atoms with Crippen LogP contribution in [0.15, 0.2) is 5.38 Å². The number of hydrogen-bond donors (Lipinski definition) is 1. The molecule has 0 atom stereocenters. The molecule has 0 bridgehead atoms. The third-order valence-electron chi connectivity index (χ3n) is 2.04. The van der Waals surface area contributed by atoms with Crippen LogP contribution in [0.5, 0.6) is 0 Å². The zero-order valence-corrected chi connectivity index (χ0v) is 9.68. The van der Waals surface area contributed by atoms with E-state index in [1.54, 1.807) is 11.3 Å². The van der Waals surface area contributed by atoms with Crippen molar-refractivity contribution in [3.63, 3.8) is 0 Å². The first-order chi connectivity index (χ1) is 6.81. The Labute approximate surface area is 89.4 Å². The molecule has 1 rings (SSSR count). The lowest BCUT2D eigenvalue weighted by Gasteiger charge is -2.19. The summed E-state index contributed by atoms with van der Waals surface area (Å²) in [4.78, 5) is 6.64. The molecule has 0 spiro atoms. The Morgan fingerprint density at radius 2 is 2.21 bits per heavy atom. The first kappa shape index (κ1) is 11.5. The number of thiazole rings is 1. The van der Waals surface area contributed by atoms with Crippen molar-refractivity contribution in [3.05, 3.63) is 11.1 Å². The number of aromatic nitrogens is 1. The highest BCUT2D eigenvalue weighted by Crippen LogP contribution is 2.20. The maximum absolute atomic E-state index is 8.92. The summed E-state index contributed by atoms with van der Waals surface area (Å²) in [5.41, 5.74) is 1.14. The van der Waals surface area contributed by atoms with Crippen LogP contribution < -0.4 is 4.90 Å². The van der Waals surface area contributed by atoms with E-state index in [1.165, 1.54) is 0 Å². The fraction of sp³-hybridized carbons (Fsp3) is 0.700. The molecular weight excluding hydrogens is 196 g/mol. The monoisotopic (exact) mass is 214 g/mol. The van der Waals surface area contributed by atoms with E-state index in [0.717, 1.165) is 30.2 Å². The van der Waals surface area contributed by atoms with E-state index in [1.807, 2.05) is 0 Å². The van der Waals surface area contributed by atoms with Crippen LogP contribution in [0.4, 0.5) is 5.13 Å². The number of aliphatic hydroxyl groups is 1. The second-order valence-electron chi connectivity index (χ2n) is 3.19. The number of nitrogens with zero attached hydrogens (tertiary/aromatic N) is 2. The highest BCUT2D eigenvalue weighted by atomic mass is 32.1. The van der Waals surface area contributed by atoms with E-state index in [-0.39, 0.29) is 6.61 Å². The Bertz CT molecular complexity index is 256. The Kier molecular flexibility index (Phi) is 4.90. The summed E-state index contributed by atoms with van der Waals surface area (Å²) in [6, 6.07) is 0. The van der Waals surface area contributed by atoms with E-state index in [4.69, 9.17) is 5.11 Å². The van der Waals surface area contributed by atoms with Crippen molar-refractivity contribution in [1.82, 2.24) is 4.98 Å². The van der Waals surface area contributed by atoms with Crippen LogP contribution >= 0.6 is 11.3 Å². The number of aliphatic hydroxyl groups excluding tert-OH is 1. The maximum Gasteiger partial charge on any atom is 0.185 e. The van der Waals surface area contributed by atoms with Gasteiger partial charge in [-0.15, -0.1) is 11.3 Å². The molecular formula is C10H18N2OS. The van der Waals surface area contributed by atoms with Crippen LogP contribution in [0, 0.1) is 0 Å². The molecule has 0 aliphatic rings. The zero-order valence-electron chi connectivity index (χ0n) is 8.86. The van der Waals surface area contributed by atoms with E-state index in [2.05, 4.69) is 29.1 Å². The molecule has 0 saturated heterocycles. The average molecular weight is 214 g/mol. The van der Waals surface area contributed by atoms with Crippen molar-refractivity contribution in [2.24, 2.45) is 0 Å². The van der Waals surface area contributed by atoms with Gasteiger partial charge in [-0.1, -0.05) is 13.8 Å². The second-order valence-corrected chi connectivity index (χ2v) is 4.02. The summed E-state index contributed by atoms with van der Waals surface area (Å²) < 4.78 is 0.